The van der Waals surface area contributed by atoms with Crippen molar-refractivity contribution in [2.45, 2.75) is 68.9 Å². The third kappa shape index (κ3) is 9.50. The van der Waals surface area contributed by atoms with Crippen molar-refractivity contribution in [1.82, 2.24) is 26.0 Å². The molecule has 22 nitrogen and oxygen atoms in total. The lowest BCUT2D eigenvalue weighted by Gasteiger charge is -2.50. The van der Waals surface area contributed by atoms with Crippen LogP contribution in [0.2, 0.25) is 0 Å². The van der Waals surface area contributed by atoms with Crippen LogP contribution in [0.1, 0.15) is 49.9 Å². The number of aromatic nitrogens is 1. The minimum absolute atomic E-state index is 0.0566. The summed E-state index contributed by atoms with van der Waals surface area (Å²) < 4.78 is 41.8. The summed E-state index contributed by atoms with van der Waals surface area (Å²) in [5.74, 6) is -2.36. The van der Waals surface area contributed by atoms with E-state index >= 15 is 0 Å². The lowest BCUT2D eigenvalue weighted by Crippen LogP contribution is -2.76. The number of hydroxylamine groups is 2. The number of β-lactam (4-membered cyclic amide) rings is 1. The van der Waals surface area contributed by atoms with E-state index in [1.807, 2.05) is 12.1 Å². The lowest BCUT2D eigenvalue weighted by molar-refractivity contribution is -0.218. The number of nitrogens with two attached hydrogens (primary N) is 2. The number of aliphatic carboxylic acids is 1. The molecule has 2 amide bonds. The van der Waals surface area contributed by atoms with Gasteiger partial charge in [-0.15, -0.1) is 15.6 Å². The van der Waals surface area contributed by atoms with Crippen LogP contribution in [0.15, 0.2) is 33.7 Å². The topological polar surface area (TPSA) is 340 Å². The van der Waals surface area contributed by atoms with Crippen molar-refractivity contribution in [2.75, 3.05) is 31.9 Å². The van der Waals surface area contributed by atoms with Crippen molar-refractivity contribution in [3.8, 4) is 5.75 Å². The molecule has 296 valence electrons. The van der Waals surface area contributed by atoms with Crippen LogP contribution < -0.4 is 32.2 Å². The normalized spacial score (nSPS) is 22.2. The number of carbonyl (C=O) groups excluding carboxylic acids is 2. The Morgan fingerprint density at radius 1 is 1.35 bits per heavy atom. The fourth-order valence-corrected chi connectivity index (χ4v) is 6.63. The number of carboxylic acid groups (broad SMARTS) is 2. The maximum Gasteiger partial charge on any atom is 0.418 e. The van der Waals surface area contributed by atoms with Crippen LogP contribution >= 0.6 is 11.3 Å². The number of thiazole rings is 1. The van der Waals surface area contributed by atoms with Crippen molar-refractivity contribution in [2.24, 2.45) is 15.9 Å². The SMILES string of the molecule is CC(O/N=C(/C(=O)N[C@@H]1C(=O)N(OS(=O)(=O)O)C1(C)C)c1csc(N)n1)(C(=O)O)[C@H]1CCc2cc(C3CN=C(NC[C@H](O)CN)NC3)ccc2O1.O=CO. The second-order valence-electron chi connectivity index (χ2n) is 12.9. The van der Waals surface area contributed by atoms with Crippen LogP contribution in [0.25, 0.3) is 0 Å². The van der Waals surface area contributed by atoms with Crippen molar-refractivity contribution in [3.63, 3.8) is 0 Å². The number of ether oxygens (including phenoxy) is 1. The zero-order valence-corrected chi connectivity index (χ0v) is 30.8. The molecule has 1 fully saturated rings. The van der Waals surface area contributed by atoms with Gasteiger partial charge in [0.2, 0.25) is 0 Å². The molecule has 1 aromatic carbocycles. The summed E-state index contributed by atoms with van der Waals surface area (Å²) in [7, 11) is -5.03. The van der Waals surface area contributed by atoms with E-state index in [1.54, 1.807) is 6.07 Å². The first-order chi connectivity index (χ1) is 25.3. The van der Waals surface area contributed by atoms with Gasteiger partial charge in [0, 0.05) is 30.9 Å². The molecule has 5 rings (SSSR count). The van der Waals surface area contributed by atoms with Crippen LogP contribution in [0.5, 0.6) is 5.75 Å². The third-order valence-electron chi connectivity index (χ3n) is 8.73. The maximum absolute atomic E-state index is 13.5. The number of amides is 2. The molecule has 1 saturated heterocycles. The first kappa shape index (κ1) is 41.6. The second-order valence-corrected chi connectivity index (χ2v) is 14.8. The number of anilines is 1. The zero-order chi connectivity index (χ0) is 40.0. The number of carboxylic acids is 1. The van der Waals surface area contributed by atoms with Crippen molar-refractivity contribution in [3.05, 3.63) is 40.4 Å². The van der Waals surface area contributed by atoms with E-state index in [4.69, 9.17) is 35.5 Å². The second kappa shape index (κ2) is 16.9. The Morgan fingerprint density at radius 3 is 2.61 bits per heavy atom. The predicted octanol–water partition coefficient (Wildman–Crippen LogP) is -1.82. The Kier molecular flexibility index (Phi) is 13.0. The molecular formula is C30H41N9O13S2. The van der Waals surface area contributed by atoms with Gasteiger partial charge in [0.15, 0.2) is 22.9 Å². The van der Waals surface area contributed by atoms with Gasteiger partial charge < -0.3 is 52.3 Å². The molecule has 0 saturated carbocycles. The number of oxime groups is 1. The van der Waals surface area contributed by atoms with Crippen LogP contribution in [0.3, 0.4) is 0 Å². The number of aliphatic hydroxyl groups excluding tert-OH is 1. The van der Waals surface area contributed by atoms with Gasteiger partial charge >= 0.3 is 16.4 Å². The van der Waals surface area contributed by atoms with Gasteiger partial charge in [-0.25, -0.2) is 9.78 Å². The van der Waals surface area contributed by atoms with Crippen LogP contribution in [0, 0.1) is 0 Å². The monoisotopic (exact) mass is 799 g/mol. The summed E-state index contributed by atoms with van der Waals surface area (Å²) in [5, 5.41) is 41.2. The first-order valence-electron chi connectivity index (χ1n) is 16.1. The van der Waals surface area contributed by atoms with Gasteiger partial charge in [-0.05, 0) is 50.8 Å². The zero-order valence-electron chi connectivity index (χ0n) is 29.2. The van der Waals surface area contributed by atoms with Gasteiger partial charge in [-0.3, -0.25) is 23.9 Å². The summed E-state index contributed by atoms with van der Waals surface area (Å²) >= 11 is 0.963. The average molecular weight is 800 g/mol. The van der Waals surface area contributed by atoms with E-state index in [2.05, 4.69) is 35.4 Å². The average Bonchev–Trinajstić information content (AvgIpc) is 3.56. The molecule has 24 heteroatoms. The van der Waals surface area contributed by atoms with E-state index in [0.717, 1.165) is 22.5 Å². The summed E-state index contributed by atoms with van der Waals surface area (Å²) in [6, 6.07) is 4.27. The number of rotatable bonds is 13. The number of aliphatic hydroxyl groups is 1. The van der Waals surface area contributed by atoms with Crippen LogP contribution in [-0.4, -0.2) is 130 Å². The fourth-order valence-electron chi connectivity index (χ4n) is 5.63. The van der Waals surface area contributed by atoms with Gasteiger partial charge in [-0.1, -0.05) is 17.3 Å². The number of guanidine groups is 1. The molecule has 3 aliphatic rings. The van der Waals surface area contributed by atoms with Gasteiger partial charge in [0.25, 0.3) is 23.9 Å². The smallest absolute Gasteiger partial charge is 0.418 e. The summed E-state index contributed by atoms with van der Waals surface area (Å²) in [6.45, 7) is 5.25. The minimum Gasteiger partial charge on any atom is -0.485 e. The molecule has 0 radical (unpaired) electrons. The highest BCUT2D eigenvalue weighted by molar-refractivity contribution is 7.80. The Morgan fingerprint density at radius 2 is 2.06 bits per heavy atom. The Labute approximate surface area is 312 Å². The Bertz CT molecular complexity index is 1910. The summed E-state index contributed by atoms with van der Waals surface area (Å²) in [6.07, 6.45) is -1.08. The Balaban J connectivity index is 0.00000209. The molecule has 1 aromatic heterocycles. The quantitative estimate of drug-likeness (QED) is 0.0354. The number of benzene rings is 1. The molecule has 0 bridgehead atoms. The van der Waals surface area contributed by atoms with Crippen LogP contribution in [-0.2, 0) is 45.1 Å². The Hall–Kier alpha value is -5.14. The number of fused-ring (bicyclic) bond motifs is 1. The summed E-state index contributed by atoms with van der Waals surface area (Å²) in [5.41, 5.74) is 8.91. The summed E-state index contributed by atoms with van der Waals surface area (Å²) in [4.78, 5) is 61.3. The molecule has 2 aromatic rings. The number of nitrogen functional groups attached to an aromatic ring is 1. The van der Waals surface area contributed by atoms with Crippen molar-refractivity contribution >= 4 is 62.8 Å². The standard InChI is InChI=1S/C29H39N9O11S2.CH2O2/c1-28(2)22(24(41)38(28)49-51(44,45)46)36-23(40)21(18-13-50-26(31)35-18)37-48-29(3,25(42)43)20-7-5-15-8-14(4-6-19(15)47-20)16-10-32-27(33-11-16)34-12-17(39)9-30;2-1-3/h4,6,8,13,16-17,20,22,39H,5,7,9-12,30H2,1-3H3,(H2,31,35)(H,36,40)(H,42,43)(H2,32,33,34)(H,44,45,46);1H,(H,2,3)/b37-21+;/t17-,20-,22-,29?;/m1./s1. The predicted molar refractivity (Wildman–Crippen MR) is 190 cm³/mol. The van der Waals surface area contributed by atoms with Gasteiger partial charge in [0.05, 0.1) is 18.2 Å². The largest absolute Gasteiger partial charge is 0.485 e. The van der Waals surface area contributed by atoms with Gasteiger partial charge in [-0.2, -0.15) is 13.5 Å². The number of aryl methyl sites for hydroxylation is 1. The van der Waals surface area contributed by atoms with Crippen LogP contribution in [0.4, 0.5) is 5.13 Å². The molecule has 0 spiro atoms. The highest BCUT2D eigenvalue weighted by atomic mass is 32.3. The molecule has 11 N–H and O–H groups in total. The van der Waals surface area contributed by atoms with E-state index < -0.39 is 63.3 Å². The highest BCUT2D eigenvalue weighted by Crippen LogP contribution is 2.36. The van der Waals surface area contributed by atoms with E-state index in [1.165, 1.54) is 26.2 Å². The van der Waals surface area contributed by atoms with Crippen molar-refractivity contribution in [1.29, 1.82) is 0 Å². The fraction of sp³-hybridized carbons (Fsp3) is 0.500. The molecular weight excluding hydrogens is 759 g/mol. The lowest BCUT2D eigenvalue weighted by atomic mass is 9.84. The number of aliphatic imine (C=N–C) groups is 1. The molecule has 0 aliphatic carbocycles. The highest BCUT2D eigenvalue weighted by Gasteiger charge is 2.58. The molecule has 3 aliphatic heterocycles. The third-order valence-corrected chi connectivity index (χ3v) is 9.74. The van der Waals surface area contributed by atoms with Gasteiger partial charge in [0.1, 0.15) is 17.5 Å². The maximum atomic E-state index is 13.5. The number of nitrogens with zero attached hydrogens (tertiary/aromatic N) is 4. The molecule has 5 atom stereocenters. The first-order valence-corrected chi connectivity index (χ1v) is 18.4. The molecule has 54 heavy (non-hydrogen) atoms. The number of carbonyl (C=O) groups is 4. The number of hydrogen-bond donors (Lipinski definition) is 9. The molecule has 2 unspecified atom stereocenters. The van der Waals surface area contributed by atoms with E-state index in [9.17, 15) is 33.0 Å². The van der Waals surface area contributed by atoms with E-state index in [-0.39, 0.29) is 42.7 Å². The van der Waals surface area contributed by atoms with E-state index in [0.29, 0.717) is 36.3 Å². The number of nitrogens with one attached hydrogen (secondary N) is 3. The molecule has 4 heterocycles. The number of hydrogen-bond acceptors (Lipinski definition) is 18. The minimum atomic E-state index is -5.03. The van der Waals surface area contributed by atoms with Crippen molar-refractivity contribution < 1.29 is 61.3 Å².